The van der Waals surface area contributed by atoms with Crippen LogP contribution in [0.1, 0.15) is 10.4 Å². The molecule has 1 aromatic heterocycles. The van der Waals surface area contributed by atoms with Crippen LogP contribution in [0.3, 0.4) is 0 Å². The van der Waals surface area contributed by atoms with Gasteiger partial charge in [-0.25, -0.2) is 22.6 Å². The first-order chi connectivity index (χ1) is 16.3. The minimum absolute atomic E-state index is 0.151. The van der Waals surface area contributed by atoms with E-state index < -0.39 is 39.9 Å². The number of rotatable bonds is 7. The summed E-state index contributed by atoms with van der Waals surface area (Å²) in [6.45, 7) is 0.0770. The Bertz CT molecular complexity index is 1340. The van der Waals surface area contributed by atoms with Gasteiger partial charge in [-0.2, -0.15) is 4.31 Å². The van der Waals surface area contributed by atoms with Gasteiger partial charge in [0.25, 0.3) is 5.91 Å². The number of sulfonamides is 1. The van der Waals surface area contributed by atoms with Crippen molar-refractivity contribution >= 4 is 48.6 Å². The molecule has 0 bridgehead atoms. The number of nitrogens with zero attached hydrogens (tertiary/aromatic N) is 2. The van der Waals surface area contributed by atoms with Crippen molar-refractivity contribution in [1.29, 1.82) is 0 Å². The summed E-state index contributed by atoms with van der Waals surface area (Å²) >= 11 is 1.20. The topological polar surface area (TPSA) is 124 Å². The molecule has 0 aliphatic carbocycles. The zero-order chi connectivity index (χ0) is 24.3. The number of morpholine rings is 1. The molecule has 1 saturated heterocycles. The van der Waals surface area contributed by atoms with Gasteiger partial charge in [0.15, 0.2) is 11.7 Å². The highest BCUT2D eigenvalue weighted by atomic mass is 32.2. The molecule has 1 fully saturated rings. The van der Waals surface area contributed by atoms with E-state index in [-0.39, 0.29) is 36.3 Å². The van der Waals surface area contributed by atoms with Crippen LogP contribution in [0.5, 0.6) is 5.75 Å². The summed E-state index contributed by atoms with van der Waals surface area (Å²) in [5.74, 6) is -2.17. The van der Waals surface area contributed by atoms with Gasteiger partial charge in [-0.05, 0) is 36.4 Å². The van der Waals surface area contributed by atoms with Crippen LogP contribution in [0.4, 0.5) is 9.52 Å². The van der Waals surface area contributed by atoms with Crippen LogP contribution in [0, 0.1) is 5.82 Å². The van der Waals surface area contributed by atoms with Crippen molar-refractivity contribution < 1.29 is 36.6 Å². The van der Waals surface area contributed by atoms with E-state index >= 15 is 0 Å². The Morgan fingerprint density at radius 2 is 1.97 bits per heavy atom. The molecule has 1 aliphatic rings. The number of esters is 1. The minimum atomic E-state index is -3.94. The van der Waals surface area contributed by atoms with Gasteiger partial charge in [0.1, 0.15) is 11.6 Å². The molecule has 2 heterocycles. The smallest absolute Gasteiger partial charge is 0.341 e. The lowest BCUT2D eigenvalue weighted by atomic mass is 10.2. The first-order valence-corrected chi connectivity index (χ1v) is 12.3. The SMILES string of the molecule is COc1ccc2nc(NC(=O)COC(=O)c3cc(S(=O)(=O)N4CCOCC4)ccc3F)sc2c1. The van der Waals surface area contributed by atoms with Crippen molar-refractivity contribution in [2.45, 2.75) is 4.90 Å². The number of aromatic nitrogens is 1. The van der Waals surface area contributed by atoms with Crippen LogP contribution in [0.25, 0.3) is 10.2 Å². The van der Waals surface area contributed by atoms with Crippen LogP contribution >= 0.6 is 11.3 Å². The van der Waals surface area contributed by atoms with Gasteiger partial charge in [0.05, 0.1) is 41.0 Å². The number of thiazole rings is 1. The molecule has 4 rings (SSSR count). The molecule has 0 radical (unpaired) electrons. The van der Waals surface area contributed by atoms with E-state index in [2.05, 4.69) is 10.3 Å². The molecule has 0 atom stereocenters. The van der Waals surface area contributed by atoms with Crippen molar-refractivity contribution in [3.05, 3.63) is 47.8 Å². The van der Waals surface area contributed by atoms with E-state index in [9.17, 15) is 22.4 Å². The summed E-state index contributed by atoms with van der Waals surface area (Å²) in [4.78, 5) is 28.6. The molecule has 0 unspecified atom stereocenters. The lowest BCUT2D eigenvalue weighted by molar-refractivity contribution is -0.119. The van der Waals surface area contributed by atoms with Gasteiger partial charge in [-0.15, -0.1) is 0 Å². The summed E-state index contributed by atoms with van der Waals surface area (Å²) in [6, 6.07) is 8.09. The number of carbonyl (C=O) groups excluding carboxylic acids is 2. The molecule has 180 valence electrons. The van der Waals surface area contributed by atoms with E-state index in [4.69, 9.17) is 14.2 Å². The van der Waals surface area contributed by atoms with E-state index in [1.165, 1.54) is 22.8 Å². The number of amides is 1. The number of benzene rings is 2. The van der Waals surface area contributed by atoms with Gasteiger partial charge in [0.2, 0.25) is 10.0 Å². The second-order valence-electron chi connectivity index (χ2n) is 7.14. The highest BCUT2D eigenvalue weighted by Gasteiger charge is 2.28. The number of methoxy groups -OCH3 is 1. The van der Waals surface area contributed by atoms with E-state index in [0.29, 0.717) is 11.3 Å². The fourth-order valence-corrected chi connectivity index (χ4v) is 5.55. The van der Waals surface area contributed by atoms with E-state index in [1.807, 2.05) is 0 Å². The summed E-state index contributed by atoms with van der Waals surface area (Å²) in [5.41, 5.74) is 0.0627. The normalized spacial score (nSPS) is 14.6. The van der Waals surface area contributed by atoms with E-state index in [1.54, 1.807) is 18.2 Å². The molecule has 0 saturated carbocycles. The number of hydrogen-bond donors (Lipinski definition) is 1. The zero-order valence-electron chi connectivity index (χ0n) is 17.9. The summed E-state index contributed by atoms with van der Waals surface area (Å²) in [6.07, 6.45) is 0. The third-order valence-electron chi connectivity index (χ3n) is 4.94. The zero-order valence-corrected chi connectivity index (χ0v) is 19.6. The number of nitrogens with one attached hydrogen (secondary N) is 1. The Kier molecular flexibility index (Phi) is 7.07. The van der Waals surface area contributed by atoms with Crippen LogP contribution in [-0.4, -0.2) is 69.6 Å². The molecule has 3 aromatic rings. The maximum absolute atomic E-state index is 14.3. The number of carbonyl (C=O) groups is 2. The lowest BCUT2D eigenvalue weighted by Crippen LogP contribution is -2.40. The van der Waals surface area contributed by atoms with Crippen molar-refractivity contribution in [1.82, 2.24) is 9.29 Å². The molecule has 34 heavy (non-hydrogen) atoms. The number of fused-ring (bicyclic) bond motifs is 1. The molecule has 10 nitrogen and oxygen atoms in total. The number of halogens is 1. The third kappa shape index (κ3) is 5.17. The quantitative estimate of drug-likeness (QED) is 0.481. The Balaban J connectivity index is 1.41. The van der Waals surface area contributed by atoms with Gasteiger partial charge >= 0.3 is 5.97 Å². The number of ether oxygens (including phenoxy) is 3. The van der Waals surface area contributed by atoms with Gasteiger partial charge in [0, 0.05) is 13.1 Å². The lowest BCUT2D eigenvalue weighted by Gasteiger charge is -2.26. The highest BCUT2D eigenvalue weighted by molar-refractivity contribution is 7.89. The number of anilines is 1. The molecular weight excluding hydrogens is 489 g/mol. The van der Waals surface area contributed by atoms with Gasteiger partial charge < -0.3 is 14.2 Å². The average molecular weight is 510 g/mol. The fraction of sp³-hybridized carbons (Fsp3) is 0.286. The summed E-state index contributed by atoms with van der Waals surface area (Å²) < 4.78 is 57.0. The van der Waals surface area contributed by atoms with E-state index in [0.717, 1.165) is 22.9 Å². The monoisotopic (exact) mass is 509 g/mol. The van der Waals surface area contributed by atoms with Crippen molar-refractivity contribution in [2.24, 2.45) is 0 Å². The maximum Gasteiger partial charge on any atom is 0.341 e. The van der Waals surface area contributed by atoms with Crippen molar-refractivity contribution in [2.75, 3.05) is 45.3 Å². The molecule has 1 amide bonds. The molecule has 1 aliphatic heterocycles. The minimum Gasteiger partial charge on any atom is -0.497 e. The predicted octanol–water partition coefficient (Wildman–Crippen LogP) is 2.26. The third-order valence-corrected chi connectivity index (χ3v) is 7.77. The molecule has 1 N–H and O–H groups in total. The maximum atomic E-state index is 14.3. The fourth-order valence-electron chi connectivity index (χ4n) is 3.21. The predicted molar refractivity (Wildman–Crippen MR) is 121 cm³/mol. The van der Waals surface area contributed by atoms with Crippen LogP contribution in [0.2, 0.25) is 0 Å². The summed E-state index contributed by atoms with van der Waals surface area (Å²) in [7, 11) is -2.40. The van der Waals surface area contributed by atoms with Crippen LogP contribution in [0.15, 0.2) is 41.3 Å². The molecule has 2 aromatic carbocycles. The Labute approximate surface area is 198 Å². The molecule has 13 heteroatoms. The first-order valence-electron chi connectivity index (χ1n) is 10.1. The highest BCUT2D eigenvalue weighted by Crippen LogP contribution is 2.29. The van der Waals surface area contributed by atoms with Gasteiger partial charge in [-0.3, -0.25) is 10.1 Å². The molecular formula is C21H20FN3O7S2. The van der Waals surface area contributed by atoms with Crippen LogP contribution in [-0.2, 0) is 24.3 Å². The van der Waals surface area contributed by atoms with Gasteiger partial charge in [-0.1, -0.05) is 11.3 Å². The van der Waals surface area contributed by atoms with Crippen molar-refractivity contribution in [3.63, 3.8) is 0 Å². The first kappa shape index (κ1) is 24.0. The Hall–Kier alpha value is -3.13. The Morgan fingerprint density at radius 3 is 2.71 bits per heavy atom. The second-order valence-corrected chi connectivity index (χ2v) is 10.1. The summed E-state index contributed by atoms with van der Waals surface area (Å²) in [5, 5.41) is 2.80. The second kappa shape index (κ2) is 10.0. The Morgan fingerprint density at radius 1 is 1.21 bits per heavy atom. The van der Waals surface area contributed by atoms with Crippen LogP contribution < -0.4 is 10.1 Å². The molecule has 0 spiro atoms. The number of hydrogen-bond acceptors (Lipinski definition) is 9. The van der Waals surface area contributed by atoms with Crippen molar-refractivity contribution in [3.8, 4) is 5.75 Å². The average Bonchev–Trinajstić information content (AvgIpc) is 3.24. The standard InChI is InChI=1S/C21H20FN3O7S2/c1-30-13-2-5-17-18(10-13)33-21(23-17)24-19(26)12-32-20(27)15-11-14(3-4-16(15)22)34(28,29)25-6-8-31-9-7-25/h2-5,10-11H,6-9,12H2,1H3,(H,23,24,26). The largest absolute Gasteiger partial charge is 0.497 e.